The number of hydrogen-bond donors (Lipinski definition) is 1. The highest BCUT2D eigenvalue weighted by Crippen LogP contribution is 2.50. The van der Waals surface area contributed by atoms with Crippen LogP contribution in [0.25, 0.3) is 0 Å². The van der Waals surface area contributed by atoms with Crippen LogP contribution in [0.1, 0.15) is 41.8 Å². The van der Waals surface area contributed by atoms with Gasteiger partial charge in [-0.3, -0.25) is 0 Å². The quantitative estimate of drug-likeness (QED) is 0.939. The highest BCUT2D eigenvalue weighted by Gasteiger charge is 2.53. The Bertz CT molecular complexity index is 837. The number of sulfonamides is 1. The van der Waals surface area contributed by atoms with Gasteiger partial charge in [0.15, 0.2) is 0 Å². The number of benzene rings is 1. The molecule has 0 atom stereocenters. The zero-order valence-corrected chi connectivity index (χ0v) is 14.1. The topological polar surface area (TPSA) is 66.1 Å². The smallest absolute Gasteiger partial charge is 0.219 e. The fraction of sp³-hybridized carbons (Fsp3) is 0.471. The summed E-state index contributed by atoms with van der Waals surface area (Å²) in [4.78, 5) is 7.63. The first-order valence-electron chi connectivity index (χ1n) is 8.10. The predicted molar refractivity (Wildman–Crippen MR) is 88.3 cm³/mol. The fourth-order valence-corrected chi connectivity index (χ4v) is 5.88. The van der Waals surface area contributed by atoms with E-state index < -0.39 is 15.6 Å². The van der Waals surface area contributed by atoms with Crippen LogP contribution in [0, 0.1) is 6.92 Å². The van der Waals surface area contributed by atoms with Gasteiger partial charge in [-0.25, -0.2) is 13.4 Å². The highest BCUT2D eigenvalue weighted by atomic mass is 32.2. The van der Waals surface area contributed by atoms with E-state index in [-0.39, 0.29) is 5.75 Å². The summed E-state index contributed by atoms with van der Waals surface area (Å²) >= 11 is 0. The molecule has 1 fully saturated rings. The van der Waals surface area contributed by atoms with Crippen molar-refractivity contribution in [2.24, 2.45) is 0 Å². The maximum Gasteiger partial charge on any atom is 0.219 e. The Morgan fingerprint density at radius 3 is 2.87 bits per heavy atom. The number of aryl methyl sites for hydroxylation is 1. The SMILES string of the molecule is Cc1cccc(CS(=O)(=O)N2CCc3[nH]cnc3C23CCC3)c1. The van der Waals surface area contributed by atoms with E-state index in [2.05, 4.69) is 9.97 Å². The summed E-state index contributed by atoms with van der Waals surface area (Å²) in [6.45, 7) is 2.53. The summed E-state index contributed by atoms with van der Waals surface area (Å²) in [6.07, 6.45) is 5.21. The molecule has 2 heterocycles. The molecule has 0 amide bonds. The lowest BCUT2D eigenvalue weighted by Gasteiger charge is -2.50. The van der Waals surface area contributed by atoms with Crippen LogP contribution in [0.5, 0.6) is 0 Å². The van der Waals surface area contributed by atoms with Gasteiger partial charge < -0.3 is 4.98 Å². The van der Waals surface area contributed by atoms with Crippen molar-refractivity contribution in [2.45, 2.75) is 43.9 Å². The van der Waals surface area contributed by atoms with Crippen LogP contribution >= 0.6 is 0 Å². The molecule has 2 aromatic rings. The average molecular weight is 331 g/mol. The van der Waals surface area contributed by atoms with Gasteiger partial charge in [0.25, 0.3) is 0 Å². The monoisotopic (exact) mass is 331 g/mol. The maximum absolute atomic E-state index is 13.1. The largest absolute Gasteiger partial charge is 0.348 e. The molecule has 1 aromatic carbocycles. The molecule has 6 heteroatoms. The molecule has 122 valence electrons. The maximum atomic E-state index is 13.1. The van der Waals surface area contributed by atoms with Crippen molar-refractivity contribution in [1.29, 1.82) is 0 Å². The second-order valence-corrected chi connectivity index (χ2v) is 8.58. The van der Waals surface area contributed by atoms with Crippen molar-refractivity contribution < 1.29 is 8.42 Å². The molecule has 5 nitrogen and oxygen atoms in total. The first-order valence-corrected chi connectivity index (χ1v) is 9.71. The van der Waals surface area contributed by atoms with Crippen LogP contribution in [0.3, 0.4) is 0 Å². The Morgan fingerprint density at radius 1 is 1.35 bits per heavy atom. The summed E-state index contributed by atoms with van der Waals surface area (Å²) < 4.78 is 27.9. The van der Waals surface area contributed by atoms with E-state index in [0.29, 0.717) is 13.0 Å². The molecule has 0 radical (unpaired) electrons. The van der Waals surface area contributed by atoms with E-state index in [1.807, 2.05) is 31.2 Å². The lowest BCUT2D eigenvalue weighted by molar-refractivity contribution is 0.0700. The van der Waals surface area contributed by atoms with Crippen molar-refractivity contribution in [3.05, 3.63) is 53.1 Å². The molecular formula is C17H21N3O2S. The third kappa shape index (κ3) is 2.32. The van der Waals surface area contributed by atoms with Gasteiger partial charge >= 0.3 is 0 Å². The van der Waals surface area contributed by atoms with Crippen molar-refractivity contribution in [3.8, 4) is 0 Å². The number of H-pyrrole nitrogens is 1. The van der Waals surface area contributed by atoms with Crippen molar-refractivity contribution in [2.75, 3.05) is 6.54 Å². The van der Waals surface area contributed by atoms with Gasteiger partial charge in [0.05, 0.1) is 23.3 Å². The Kier molecular flexibility index (Phi) is 3.35. The molecule has 23 heavy (non-hydrogen) atoms. The highest BCUT2D eigenvalue weighted by molar-refractivity contribution is 7.88. The van der Waals surface area contributed by atoms with Crippen LogP contribution in [0.15, 0.2) is 30.6 Å². The third-order valence-electron chi connectivity index (χ3n) is 5.15. The number of aromatic nitrogens is 2. The Labute approximate surface area is 136 Å². The number of nitrogens with zero attached hydrogens (tertiary/aromatic N) is 2. The summed E-state index contributed by atoms with van der Waals surface area (Å²) in [6, 6.07) is 7.75. The molecule has 1 aromatic heterocycles. The zero-order chi connectivity index (χ0) is 16.1. The second-order valence-electron chi connectivity index (χ2n) is 6.68. The number of nitrogens with one attached hydrogen (secondary N) is 1. The number of hydrogen-bond acceptors (Lipinski definition) is 3. The van der Waals surface area contributed by atoms with Gasteiger partial charge in [-0.15, -0.1) is 0 Å². The standard InChI is InChI=1S/C17H21N3O2S/c1-13-4-2-5-14(10-13)11-23(21,22)20-9-6-15-16(19-12-18-15)17(20)7-3-8-17/h2,4-5,10,12H,3,6-9,11H2,1H3,(H,18,19). The molecule has 0 bridgehead atoms. The minimum Gasteiger partial charge on any atom is -0.348 e. The molecule has 0 unspecified atom stereocenters. The van der Waals surface area contributed by atoms with E-state index in [0.717, 1.165) is 41.8 Å². The Morgan fingerprint density at radius 2 is 2.17 bits per heavy atom. The van der Waals surface area contributed by atoms with E-state index in [1.54, 1.807) is 10.6 Å². The first kappa shape index (κ1) is 14.9. The summed E-state index contributed by atoms with van der Waals surface area (Å²) in [5.41, 5.74) is 3.59. The van der Waals surface area contributed by atoms with Crippen LogP contribution in [-0.4, -0.2) is 29.2 Å². The summed E-state index contributed by atoms with van der Waals surface area (Å²) in [5, 5.41) is 0. The zero-order valence-electron chi connectivity index (χ0n) is 13.2. The van der Waals surface area contributed by atoms with Crippen LogP contribution in [0.4, 0.5) is 0 Å². The number of rotatable bonds is 3. The summed E-state index contributed by atoms with van der Waals surface area (Å²) in [5.74, 6) is 0.0657. The van der Waals surface area contributed by atoms with E-state index in [1.165, 1.54) is 0 Å². The third-order valence-corrected chi connectivity index (χ3v) is 7.05. The minimum absolute atomic E-state index is 0.0657. The second kappa shape index (κ2) is 5.18. The van der Waals surface area contributed by atoms with E-state index >= 15 is 0 Å². The van der Waals surface area contributed by atoms with Crippen molar-refractivity contribution in [3.63, 3.8) is 0 Å². The van der Waals surface area contributed by atoms with Crippen LogP contribution in [0.2, 0.25) is 0 Å². The number of fused-ring (bicyclic) bond motifs is 2. The summed E-state index contributed by atoms with van der Waals surface area (Å²) in [7, 11) is -3.36. The van der Waals surface area contributed by atoms with Gasteiger partial charge in [0, 0.05) is 18.7 Å². The van der Waals surface area contributed by atoms with Crippen LogP contribution in [-0.2, 0) is 27.7 Å². The van der Waals surface area contributed by atoms with Gasteiger partial charge in [0.2, 0.25) is 10.0 Å². The van der Waals surface area contributed by atoms with Crippen LogP contribution < -0.4 is 0 Å². The normalized spacial score (nSPS) is 20.2. The van der Waals surface area contributed by atoms with Gasteiger partial charge in [-0.05, 0) is 31.7 Å². The average Bonchev–Trinajstić information content (AvgIpc) is 2.92. The molecule has 2 aliphatic rings. The Hall–Kier alpha value is -1.66. The molecule has 0 saturated heterocycles. The van der Waals surface area contributed by atoms with Gasteiger partial charge in [0.1, 0.15) is 0 Å². The first-order chi connectivity index (χ1) is 11.0. The van der Waals surface area contributed by atoms with E-state index in [9.17, 15) is 8.42 Å². The number of aromatic amines is 1. The molecule has 1 aliphatic carbocycles. The molecule has 4 rings (SSSR count). The molecule has 1 saturated carbocycles. The molecule has 1 N–H and O–H groups in total. The molecule has 1 aliphatic heterocycles. The van der Waals surface area contributed by atoms with Crippen molar-refractivity contribution >= 4 is 10.0 Å². The number of imidazole rings is 1. The molecule has 1 spiro atoms. The predicted octanol–water partition coefficient (Wildman–Crippen LogP) is 2.49. The van der Waals surface area contributed by atoms with Gasteiger partial charge in [-0.2, -0.15) is 4.31 Å². The van der Waals surface area contributed by atoms with E-state index in [4.69, 9.17) is 0 Å². The van der Waals surface area contributed by atoms with Gasteiger partial charge in [-0.1, -0.05) is 29.8 Å². The Balaban J connectivity index is 1.69. The lowest BCUT2D eigenvalue weighted by atomic mass is 9.72. The molecular weight excluding hydrogens is 310 g/mol. The van der Waals surface area contributed by atoms with Crippen molar-refractivity contribution in [1.82, 2.24) is 14.3 Å². The minimum atomic E-state index is -3.36. The fourth-order valence-electron chi connectivity index (χ4n) is 3.95. The lowest BCUT2D eigenvalue weighted by Crippen LogP contribution is -2.57.